The Kier molecular flexibility index (Phi) is 3.65. The van der Waals surface area contributed by atoms with Gasteiger partial charge in [-0.1, -0.05) is 17.7 Å². The molecule has 0 fully saturated rings. The second kappa shape index (κ2) is 5.77. The molecule has 0 bridgehead atoms. The topological polar surface area (TPSA) is 76.7 Å². The molecule has 22 heavy (non-hydrogen) atoms. The van der Waals surface area contributed by atoms with Gasteiger partial charge in [0, 0.05) is 11.3 Å². The molecule has 0 spiro atoms. The third-order valence-corrected chi connectivity index (χ3v) is 3.06. The summed E-state index contributed by atoms with van der Waals surface area (Å²) < 4.78 is 13.0. The predicted molar refractivity (Wildman–Crippen MR) is 84.1 cm³/mol. The van der Waals surface area contributed by atoms with Gasteiger partial charge < -0.3 is 11.1 Å². The summed E-state index contributed by atoms with van der Waals surface area (Å²) in [6.45, 7) is 2.01. The molecule has 0 radical (unpaired) electrons. The molecule has 0 aliphatic rings. The normalized spacial score (nSPS) is 10.5. The van der Waals surface area contributed by atoms with Crippen molar-refractivity contribution >= 4 is 17.6 Å². The van der Waals surface area contributed by atoms with Gasteiger partial charge in [-0.05, 0) is 43.3 Å². The molecule has 0 aliphatic heterocycles. The van der Waals surface area contributed by atoms with E-state index in [4.69, 9.17) is 5.73 Å². The van der Waals surface area contributed by atoms with Crippen LogP contribution in [0.4, 0.5) is 22.0 Å². The summed E-state index contributed by atoms with van der Waals surface area (Å²) in [6, 6.07) is 13.7. The van der Waals surface area contributed by atoms with E-state index in [2.05, 4.69) is 20.3 Å². The SMILES string of the molecule is Cc1ccc(Nc2nc(N)nc(-c3ccc(F)cc3)n2)cc1. The van der Waals surface area contributed by atoms with Crippen LogP contribution in [0.2, 0.25) is 0 Å². The zero-order valence-corrected chi connectivity index (χ0v) is 11.9. The molecular weight excluding hydrogens is 281 g/mol. The van der Waals surface area contributed by atoms with Gasteiger partial charge in [0.2, 0.25) is 11.9 Å². The van der Waals surface area contributed by atoms with Crippen LogP contribution in [0.5, 0.6) is 0 Å². The Bertz CT molecular complexity index is 785. The van der Waals surface area contributed by atoms with Crippen LogP contribution in [0.15, 0.2) is 48.5 Å². The summed E-state index contributed by atoms with van der Waals surface area (Å²) in [5.41, 5.74) is 8.41. The molecule has 1 heterocycles. The van der Waals surface area contributed by atoms with Crippen LogP contribution in [0.25, 0.3) is 11.4 Å². The van der Waals surface area contributed by atoms with Crippen molar-refractivity contribution in [3.63, 3.8) is 0 Å². The first-order chi connectivity index (χ1) is 10.6. The number of hydrogen-bond donors (Lipinski definition) is 2. The number of halogens is 1. The Balaban J connectivity index is 1.92. The number of anilines is 3. The zero-order valence-electron chi connectivity index (χ0n) is 11.9. The van der Waals surface area contributed by atoms with E-state index in [0.717, 1.165) is 11.3 Å². The Morgan fingerprint density at radius 2 is 1.59 bits per heavy atom. The molecule has 0 amide bonds. The van der Waals surface area contributed by atoms with Gasteiger partial charge in [0.1, 0.15) is 5.82 Å². The molecule has 2 aromatic carbocycles. The first-order valence-corrected chi connectivity index (χ1v) is 6.71. The van der Waals surface area contributed by atoms with Crippen LogP contribution >= 0.6 is 0 Å². The molecule has 5 nitrogen and oxygen atoms in total. The lowest BCUT2D eigenvalue weighted by atomic mass is 10.2. The molecule has 0 saturated heterocycles. The predicted octanol–water partition coefficient (Wildman–Crippen LogP) is 3.31. The van der Waals surface area contributed by atoms with Crippen molar-refractivity contribution in [3.8, 4) is 11.4 Å². The monoisotopic (exact) mass is 295 g/mol. The molecule has 0 unspecified atom stereocenters. The molecule has 3 rings (SSSR count). The maximum absolute atomic E-state index is 13.0. The van der Waals surface area contributed by atoms with Crippen molar-refractivity contribution < 1.29 is 4.39 Å². The Morgan fingerprint density at radius 3 is 2.27 bits per heavy atom. The number of nitrogens with two attached hydrogens (primary N) is 1. The van der Waals surface area contributed by atoms with E-state index < -0.39 is 0 Å². The van der Waals surface area contributed by atoms with Crippen molar-refractivity contribution in [3.05, 3.63) is 59.9 Å². The van der Waals surface area contributed by atoms with Crippen LogP contribution < -0.4 is 11.1 Å². The number of hydrogen-bond acceptors (Lipinski definition) is 5. The lowest BCUT2D eigenvalue weighted by Crippen LogP contribution is -2.05. The van der Waals surface area contributed by atoms with Crippen LogP contribution in [-0.4, -0.2) is 15.0 Å². The van der Waals surface area contributed by atoms with Crippen molar-refractivity contribution in [2.45, 2.75) is 6.92 Å². The quantitative estimate of drug-likeness (QED) is 0.775. The van der Waals surface area contributed by atoms with Gasteiger partial charge in [0.15, 0.2) is 5.82 Å². The molecule has 0 saturated carbocycles. The van der Waals surface area contributed by atoms with Crippen LogP contribution in [0.3, 0.4) is 0 Å². The molecular formula is C16H14FN5. The van der Waals surface area contributed by atoms with Gasteiger partial charge in [-0.2, -0.15) is 15.0 Å². The van der Waals surface area contributed by atoms with Gasteiger partial charge in [-0.15, -0.1) is 0 Å². The summed E-state index contributed by atoms with van der Waals surface area (Å²) in [5.74, 6) is 0.519. The number of aryl methyl sites for hydroxylation is 1. The summed E-state index contributed by atoms with van der Waals surface area (Å²) in [5, 5.41) is 3.08. The average molecular weight is 295 g/mol. The molecule has 1 aromatic heterocycles. The molecule has 3 N–H and O–H groups in total. The minimum atomic E-state index is -0.316. The van der Waals surface area contributed by atoms with Crippen LogP contribution in [0.1, 0.15) is 5.56 Å². The highest BCUT2D eigenvalue weighted by atomic mass is 19.1. The van der Waals surface area contributed by atoms with E-state index in [1.807, 2.05) is 31.2 Å². The van der Waals surface area contributed by atoms with Crippen molar-refractivity contribution in [1.82, 2.24) is 15.0 Å². The van der Waals surface area contributed by atoms with E-state index >= 15 is 0 Å². The van der Waals surface area contributed by atoms with Gasteiger partial charge >= 0.3 is 0 Å². The van der Waals surface area contributed by atoms with Crippen LogP contribution in [-0.2, 0) is 0 Å². The van der Waals surface area contributed by atoms with Crippen LogP contribution in [0, 0.1) is 12.7 Å². The molecule has 110 valence electrons. The molecule has 6 heteroatoms. The molecule has 0 atom stereocenters. The number of nitrogens with zero attached hydrogens (tertiary/aromatic N) is 3. The Morgan fingerprint density at radius 1 is 0.909 bits per heavy atom. The smallest absolute Gasteiger partial charge is 0.232 e. The second-order valence-corrected chi connectivity index (χ2v) is 4.84. The fourth-order valence-electron chi connectivity index (χ4n) is 1.94. The number of benzene rings is 2. The maximum Gasteiger partial charge on any atom is 0.232 e. The first-order valence-electron chi connectivity index (χ1n) is 6.71. The average Bonchev–Trinajstić information content (AvgIpc) is 2.50. The van der Waals surface area contributed by atoms with Gasteiger partial charge in [-0.25, -0.2) is 4.39 Å². The van der Waals surface area contributed by atoms with E-state index in [1.165, 1.54) is 12.1 Å². The maximum atomic E-state index is 13.0. The molecule has 3 aromatic rings. The van der Waals surface area contributed by atoms with E-state index in [0.29, 0.717) is 17.3 Å². The van der Waals surface area contributed by atoms with Gasteiger partial charge in [0.05, 0.1) is 0 Å². The summed E-state index contributed by atoms with van der Waals surface area (Å²) in [6.07, 6.45) is 0. The second-order valence-electron chi connectivity index (χ2n) is 4.84. The third-order valence-electron chi connectivity index (χ3n) is 3.06. The number of nitrogens with one attached hydrogen (secondary N) is 1. The van der Waals surface area contributed by atoms with Crippen molar-refractivity contribution in [1.29, 1.82) is 0 Å². The minimum absolute atomic E-state index is 0.101. The van der Waals surface area contributed by atoms with E-state index in [1.54, 1.807) is 12.1 Å². The standard InChI is InChI=1S/C16H14FN5/c1-10-2-8-13(9-3-10)19-16-21-14(20-15(18)22-16)11-4-6-12(17)7-5-11/h2-9H,1H3,(H3,18,19,20,21,22). The van der Waals surface area contributed by atoms with Crippen molar-refractivity contribution in [2.75, 3.05) is 11.1 Å². The Hall–Kier alpha value is -3.02. The largest absolute Gasteiger partial charge is 0.368 e. The number of rotatable bonds is 3. The number of aromatic nitrogens is 3. The van der Waals surface area contributed by atoms with E-state index in [9.17, 15) is 4.39 Å². The fourth-order valence-corrected chi connectivity index (χ4v) is 1.94. The zero-order chi connectivity index (χ0) is 15.5. The third kappa shape index (κ3) is 3.17. The highest BCUT2D eigenvalue weighted by molar-refractivity contribution is 5.60. The minimum Gasteiger partial charge on any atom is -0.368 e. The summed E-state index contributed by atoms with van der Waals surface area (Å²) in [4.78, 5) is 12.5. The highest BCUT2D eigenvalue weighted by Gasteiger charge is 2.07. The van der Waals surface area contributed by atoms with Crippen molar-refractivity contribution in [2.24, 2.45) is 0 Å². The lowest BCUT2D eigenvalue weighted by Gasteiger charge is -2.07. The van der Waals surface area contributed by atoms with Gasteiger partial charge in [0.25, 0.3) is 0 Å². The fraction of sp³-hybridized carbons (Fsp3) is 0.0625. The first kappa shape index (κ1) is 13.9. The molecule has 0 aliphatic carbocycles. The number of nitrogen functional groups attached to an aromatic ring is 1. The summed E-state index contributed by atoms with van der Waals surface area (Å²) >= 11 is 0. The van der Waals surface area contributed by atoms with E-state index in [-0.39, 0.29) is 11.8 Å². The van der Waals surface area contributed by atoms with Gasteiger partial charge in [-0.3, -0.25) is 0 Å². The lowest BCUT2D eigenvalue weighted by molar-refractivity contribution is 0.628. The Labute approximate surface area is 127 Å². The summed E-state index contributed by atoms with van der Waals surface area (Å²) in [7, 11) is 0. The highest BCUT2D eigenvalue weighted by Crippen LogP contribution is 2.19.